The lowest BCUT2D eigenvalue weighted by atomic mass is 9.74. The maximum absolute atomic E-state index is 12.8. The summed E-state index contributed by atoms with van der Waals surface area (Å²) in [5.74, 6) is -1.87. The summed E-state index contributed by atoms with van der Waals surface area (Å²) in [5, 5.41) is 0. The molecule has 0 fully saturated rings. The van der Waals surface area contributed by atoms with Crippen LogP contribution in [-0.4, -0.2) is 52.3 Å². The van der Waals surface area contributed by atoms with Gasteiger partial charge in [-0.15, -0.1) is 0 Å². The van der Waals surface area contributed by atoms with E-state index in [4.69, 9.17) is 18.9 Å². The van der Waals surface area contributed by atoms with Crippen molar-refractivity contribution in [1.82, 2.24) is 0 Å². The third-order valence-corrected chi connectivity index (χ3v) is 10.6. The molecule has 0 aromatic heterocycles. The Bertz CT molecular complexity index is 2520. The number of methoxy groups -OCH3 is 4. The summed E-state index contributed by atoms with van der Waals surface area (Å²) in [7, 11) is 5.39. The molecule has 0 aliphatic carbocycles. The summed E-state index contributed by atoms with van der Waals surface area (Å²) in [6.07, 6.45) is 0. The number of carbonyl (C=O) groups excluding carboxylic acids is 4. The third kappa shape index (κ3) is 7.95. The van der Waals surface area contributed by atoms with E-state index in [1.807, 2.05) is 62.4 Å². The van der Waals surface area contributed by atoms with Crippen molar-refractivity contribution in [2.24, 2.45) is 0 Å². The Labute approximate surface area is 349 Å². The second-order valence-corrected chi connectivity index (χ2v) is 14.3. The standard InChI is InChI=1S/C52H42O8/c1-31-7-11-33(12-8-31)43-44(34-13-9-32(2)10-14-34)46(36-17-25-40(26-18-36)50(54)58-4)48(38-21-29-42(30-22-38)52(56)60-6)47(37-19-27-41(28-20-37)51(55)59-5)45(43)35-15-23-39(24-16-35)49(53)57-3/h7-30H,1-6H3. The average Bonchev–Trinajstić information content (AvgIpc) is 3.30. The molecule has 0 saturated heterocycles. The van der Waals surface area contributed by atoms with Crippen molar-refractivity contribution in [2.75, 3.05) is 28.4 Å². The summed E-state index contributed by atoms with van der Waals surface area (Å²) in [6.45, 7) is 4.08. The molecule has 7 aromatic rings. The summed E-state index contributed by atoms with van der Waals surface area (Å²) in [4.78, 5) is 51.0. The number of benzene rings is 7. The Morgan fingerprint density at radius 2 is 0.417 bits per heavy atom. The van der Waals surface area contributed by atoms with Crippen LogP contribution in [0.15, 0.2) is 146 Å². The van der Waals surface area contributed by atoms with E-state index < -0.39 is 23.9 Å². The van der Waals surface area contributed by atoms with Crippen LogP contribution in [0.4, 0.5) is 0 Å². The minimum atomic E-state index is -0.472. The van der Waals surface area contributed by atoms with Gasteiger partial charge in [-0.2, -0.15) is 0 Å². The van der Waals surface area contributed by atoms with E-state index in [1.165, 1.54) is 28.4 Å². The first-order valence-corrected chi connectivity index (χ1v) is 19.2. The largest absolute Gasteiger partial charge is 0.465 e. The third-order valence-electron chi connectivity index (χ3n) is 10.6. The Kier molecular flexibility index (Phi) is 11.8. The van der Waals surface area contributed by atoms with E-state index >= 15 is 0 Å². The molecule has 0 saturated carbocycles. The minimum Gasteiger partial charge on any atom is -0.465 e. The Morgan fingerprint density at radius 1 is 0.267 bits per heavy atom. The number of hydrogen-bond acceptors (Lipinski definition) is 8. The van der Waals surface area contributed by atoms with Gasteiger partial charge in [0, 0.05) is 0 Å². The van der Waals surface area contributed by atoms with Crippen LogP contribution in [-0.2, 0) is 18.9 Å². The van der Waals surface area contributed by atoms with Crippen LogP contribution >= 0.6 is 0 Å². The van der Waals surface area contributed by atoms with Crippen molar-refractivity contribution in [1.29, 1.82) is 0 Å². The van der Waals surface area contributed by atoms with Crippen molar-refractivity contribution < 1.29 is 38.1 Å². The number of esters is 4. The highest BCUT2D eigenvalue weighted by Crippen LogP contribution is 2.56. The van der Waals surface area contributed by atoms with Gasteiger partial charge in [0.1, 0.15) is 0 Å². The SMILES string of the molecule is COC(=O)c1ccc(-c2c(-c3ccc(C)cc3)c(-c3ccc(C)cc3)c(-c3ccc(C(=O)OC)cc3)c(-c3ccc(C(=O)OC)cc3)c2-c2ccc(C(=O)OC)cc2)cc1. The molecule has 0 spiro atoms. The minimum absolute atomic E-state index is 0.378. The fourth-order valence-electron chi connectivity index (χ4n) is 7.49. The van der Waals surface area contributed by atoms with Gasteiger partial charge in [-0.3, -0.25) is 0 Å². The highest BCUT2D eigenvalue weighted by atomic mass is 16.5. The van der Waals surface area contributed by atoms with Crippen LogP contribution in [0, 0.1) is 13.8 Å². The number of rotatable bonds is 10. The molecule has 7 aromatic carbocycles. The van der Waals surface area contributed by atoms with Gasteiger partial charge in [0.25, 0.3) is 0 Å². The maximum Gasteiger partial charge on any atom is 0.337 e. The highest BCUT2D eigenvalue weighted by molar-refractivity contribution is 6.15. The van der Waals surface area contributed by atoms with E-state index in [-0.39, 0.29) is 0 Å². The van der Waals surface area contributed by atoms with Gasteiger partial charge in [0.15, 0.2) is 0 Å². The molecule has 8 nitrogen and oxygen atoms in total. The van der Waals surface area contributed by atoms with Crippen LogP contribution < -0.4 is 0 Å². The monoisotopic (exact) mass is 794 g/mol. The van der Waals surface area contributed by atoms with Crippen LogP contribution in [0.2, 0.25) is 0 Å². The van der Waals surface area contributed by atoms with E-state index in [2.05, 4.69) is 48.5 Å². The van der Waals surface area contributed by atoms with E-state index in [9.17, 15) is 19.2 Å². The number of carbonyl (C=O) groups is 4. The summed E-state index contributed by atoms with van der Waals surface area (Å²) < 4.78 is 20.3. The van der Waals surface area contributed by atoms with Crippen LogP contribution in [0.3, 0.4) is 0 Å². The summed E-state index contributed by atoms with van der Waals surface area (Å²) >= 11 is 0. The van der Waals surface area contributed by atoms with Crippen molar-refractivity contribution in [3.63, 3.8) is 0 Å². The molecular weight excluding hydrogens is 753 g/mol. The fraction of sp³-hybridized carbons (Fsp3) is 0.115. The zero-order valence-corrected chi connectivity index (χ0v) is 34.1. The molecule has 0 aliphatic heterocycles. The molecule has 0 bridgehead atoms. The van der Waals surface area contributed by atoms with Crippen molar-refractivity contribution >= 4 is 23.9 Å². The van der Waals surface area contributed by atoms with Gasteiger partial charge >= 0.3 is 23.9 Å². The second-order valence-electron chi connectivity index (χ2n) is 14.3. The Morgan fingerprint density at radius 3 is 0.567 bits per heavy atom. The number of ether oxygens (including phenoxy) is 4. The second kappa shape index (κ2) is 17.5. The van der Waals surface area contributed by atoms with Gasteiger partial charge in [0.05, 0.1) is 50.7 Å². The summed E-state index contributed by atoms with van der Waals surface area (Å²) in [6, 6.07) is 45.9. The number of aryl methyl sites for hydroxylation is 2. The smallest absolute Gasteiger partial charge is 0.337 e. The molecule has 0 aliphatic rings. The number of hydrogen-bond donors (Lipinski definition) is 0. The summed E-state index contributed by atoms with van der Waals surface area (Å²) in [5.41, 5.74) is 13.8. The lowest BCUT2D eigenvalue weighted by Gasteiger charge is -2.29. The molecule has 7 rings (SSSR count). The van der Waals surface area contributed by atoms with Gasteiger partial charge < -0.3 is 18.9 Å². The van der Waals surface area contributed by atoms with Crippen LogP contribution in [0.1, 0.15) is 52.6 Å². The quantitative estimate of drug-likeness (QED) is 0.0995. The fourth-order valence-corrected chi connectivity index (χ4v) is 7.49. The van der Waals surface area contributed by atoms with Crippen LogP contribution in [0.5, 0.6) is 0 Å². The van der Waals surface area contributed by atoms with Gasteiger partial charge in [0.2, 0.25) is 0 Å². The molecule has 0 N–H and O–H groups in total. The maximum atomic E-state index is 12.8. The zero-order valence-electron chi connectivity index (χ0n) is 34.1. The van der Waals surface area contributed by atoms with E-state index in [0.29, 0.717) is 22.3 Å². The Balaban J connectivity index is 1.76. The average molecular weight is 795 g/mol. The molecule has 298 valence electrons. The lowest BCUT2D eigenvalue weighted by Crippen LogP contribution is -2.05. The van der Waals surface area contributed by atoms with Crippen molar-refractivity contribution in [2.45, 2.75) is 13.8 Å². The molecule has 0 amide bonds. The van der Waals surface area contributed by atoms with Gasteiger partial charge in [-0.25, -0.2) is 19.2 Å². The molecule has 0 heterocycles. The topological polar surface area (TPSA) is 105 Å². The Hall–Kier alpha value is -7.58. The first-order chi connectivity index (χ1) is 29.1. The molecule has 0 radical (unpaired) electrons. The molecule has 0 atom stereocenters. The molecule has 0 unspecified atom stereocenters. The lowest BCUT2D eigenvalue weighted by molar-refractivity contribution is 0.0592. The van der Waals surface area contributed by atoms with Crippen molar-refractivity contribution in [3.8, 4) is 66.8 Å². The predicted molar refractivity (Wildman–Crippen MR) is 234 cm³/mol. The van der Waals surface area contributed by atoms with Gasteiger partial charge in [-0.1, -0.05) is 108 Å². The highest BCUT2D eigenvalue weighted by Gasteiger charge is 2.30. The first kappa shape index (κ1) is 40.6. The first-order valence-electron chi connectivity index (χ1n) is 19.2. The molecule has 8 heteroatoms. The zero-order chi connectivity index (χ0) is 42.5. The van der Waals surface area contributed by atoms with E-state index in [0.717, 1.165) is 77.9 Å². The van der Waals surface area contributed by atoms with E-state index in [1.54, 1.807) is 48.5 Å². The van der Waals surface area contributed by atoms with Crippen molar-refractivity contribution in [3.05, 3.63) is 179 Å². The predicted octanol–water partition coefficient (Wildman–Crippen LogP) is 11.5. The van der Waals surface area contributed by atoms with Crippen LogP contribution in [0.25, 0.3) is 66.8 Å². The molecule has 60 heavy (non-hydrogen) atoms. The van der Waals surface area contributed by atoms with Gasteiger partial charge in [-0.05, 0) is 129 Å². The molecular formula is C52H42O8. The normalized spacial score (nSPS) is 10.8.